The number of carbonyl (C=O) groups is 2. The monoisotopic (exact) mass is 324 g/mol. The van der Waals surface area contributed by atoms with Crippen molar-refractivity contribution in [3.8, 4) is 0 Å². The maximum absolute atomic E-state index is 12.3. The molecule has 6 heteroatoms. The van der Waals surface area contributed by atoms with Gasteiger partial charge in [-0.2, -0.15) is 0 Å². The highest BCUT2D eigenvalue weighted by atomic mass is 16.2. The number of Topliss-reactive ketones (excluding diaryl/α,β-unsaturated/α-hetero) is 1. The minimum atomic E-state index is -0.270. The number of hydrogen-bond donors (Lipinski definition) is 3. The van der Waals surface area contributed by atoms with Gasteiger partial charge in [0.05, 0.1) is 6.04 Å². The van der Waals surface area contributed by atoms with Crippen molar-refractivity contribution in [1.82, 2.24) is 20.9 Å². The molecular formula is C17H32N4O2. The second kappa shape index (κ2) is 6.06. The Labute approximate surface area is 139 Å². The summed E-state index contributed by atoms with van der Waals surface area (Å²) in [6.45, 7) is 15.5. The van der Waals surface area contributed by atoms with Crippen molar-refractivity contribution in [2.24, 2.45) is 5.41 Å². The lowest BCUT2D eigenvalue weighted by Gasteiger charge is -2.37. The number of urea groups is 1. The van der Waals surface area contributed by atoms with Crippen molar-refractivity contribution in [3.05, 3.63) is 0 Å². The molecule has 6 nitrogen and oxygen atoms in total. The quantitative estimate of drug-likeness (QED) is 0.677. The van der Waals surface area contributed by atoms with Crippen LogP contribution in [0.2, 0.25) is 0 Å². The molecule has 2 rings (SSSR count). The summed E-state index contributed by atoms with van der Waals surface area (Å²) in [6, 6.07) is 0.505. The third kappa shape index (κ3) is 4.67. The number of ketones is 1. The van der Waals surface area contributed by atoms with Crippen LogP contribution < -0.4 is 16.0 Å². The molecule has 2 saturated heterocycles. The first-order valence-corrected chi connectivity index (χ1v) is 8.48. The molecule has 0 saturated carbocycles. The van der Waals surface area contributed by atoms with Gasteiger partial charge in [0.15, 0.2) is 0 Å². The zero-order valence-corrected chi connectivity index (χ0v) is 15.5. The predicted octanol–water partition coefficient (Wildman–Crippen LogP) is 1.11. The maximum Gasteiger partial charge on any atom is 0.315 e. The molecule has 0 aliphatic carbocycles. The number of amides is 2. The lowest BCUT2D eigenvalue weighted by Crippen LogP contribution is -2.58. The topological polar surface area (TPSA) is 83.4 Å². The fourth-order valence-electron chi connectivity index (χ4n) is 3.27. The number of likely N-dealkylation sites (tertiary alicyclic amines) is 1. The van der Waals surface area contributed by atoms with Gasteiger partial charge >= 0.3 is 6.03 Å². The van der Waals surface area contributed by atoms with Crippen LogP contribution in [0.15, 0.2) is 0 Å². The lowest BCUT2D eigenvalue weighted by atomic mass is 9.86. The fraction of sp³-hybridized carbons (Fsp3) is 0.882. The Morgan fingerprint density at radius 3 is 2.30 bits per heavy atom. The van der Waals surface area contributed by atoms with E-state index in [4.69, 9.17) is 0 Å². The number of piperazine rings is 1. The first-order chi connectivity index (χ1) is 10.4. The summed E-state index contributed by atoms with van der Waals surface area (Å²) in [6.07, 6.45) is 0. The molecule has 0 aromatic carbocycles. The highest BCUT2D eigenvalue weighted by Crippen LogP contribution is 2.31. The van der Waals surface area contributed by atoms with Crippen molar-refractivity contribution in [2.45, 2.75) is 78.2 Å². The van der Waals surface area contributed by atoms with Gasteiger partial charge in [0.1, 0.15) is 5.78 Å². The van der Waals surface area contributed by atoms with Gasteiger partial charge < -0.3 is 16.0 Å². The first-order valence-electron chi connectivity index (χ1n) is 8.48. The van der Waals surface area contributed by atoms with Gasteiger partial charge in [-0.25, -0.2) is 4.79 Å². The Bertz CT molecular complexity index is 478. The van der Waals surface area contributed by atoms with Crippen LogP contribution in [-0.2, 0) is 4.79 Å². The van der Waals surface area contributed by atoms with Crippen LogP contribution in [0.25, 0.3) is 0 Å². The molecule has 2 fully saturated rings. The van der Waals surface area contributed by atoms with Gasteiger partial charge in [0.25, 0.3) is 0 Å². The van der Waals surface area contributed by atoms with E-state index in [1.54, 1.807) is 6.92 Å². The van der Waals surface area contributed by atoms with Crippen LogP contribution in [0.5, 0.6) is 0 Å². The van der Waals surface area contributed by atoms with E-state index in [9.17, 15) is 9.59 Å². The number of hydrogen-bond acceptors (Lipinski definition) is 4. The third-order valence-electron chi connectivity index (χ3n) is 4.57. The van der Waals surface area contributed by atoms with Crippen LogP contribution in [0, 0.1) is 5.41 Å². The zero-order chi connectivity index (χ0) is 17.6. The highest BCUT2D eigenvalue weighted by Gasteiger charge is 2.54. The summed E-state index contributed by atoms with van der Waals surface area (Å²) in [5, 5.41) is 9.41. The normalized spacial score (nSPS) is 28.9. The third-order valence-corrected chi connectivity index (χ3v) is 4.57. The number of fused-ring (bicyclic) bond motifs is 1. The summed E-state index contributed by atoms with van der Waals surface area (Å²) < 4.78 is 0. The summed E-state index contributed by atoms with van der Waals surface area (Å²) in [7, 11) is 0. The van der Waals surface area contributed by atoms with Gasteiger partial charge in [0.2, 0.25) is 0 Å². The molecule has 2 heterocycles. The van der Waals surface area contributed by atoms with Crippen LogP contribution in [0.1, 0.15) is 48.5 Å². The molecule has 2 aliphatic heterocycles. The van der Waals surface area contributed by atoms with Gasteiger partial charge in [-0.05, 0) is 33.1 Å². The Morgan fingerprint density at radius 1 is 1.22 bits per heavy atom. The second-order valence-corrected chi connectivity index (χ2v) is 9.08. The van der Waals surface area contributed by atoms with E-state index in [2.05, 4.69) is 41.6 Å². The van der Waals surface area contributed by atoms with Gasteiger partial charge in [-0.3, -0.25) is 9.69 Å². The van der Waals surface area contributed by atoms with Crippen molar-refractivity contribution < 1.29 is 9.59 Å². The largest absolute Gasteiger partial charge is 0.334 e. The Kier molecular flexibility index (Phi) is 4.79. The molecule has 0 radical (unpaired) electrons. The van der Waals surface area contributed by atoms with Gasteiger partial charge in [0, 0.05) is 36.8 Å². The minimum absolute atomic E-state index is 0.0239. The van der Waals surface area contributed by atoms with Gasteiger partial charge in [-0.15, -0.1) is 0 Å². The van der Waals surface area contributed by atoms with E-state index in [0.29, 0.717) is 18.6 Å². The Morgan fingerprint density at radius 2 is 1.83 bits per heavy atom. The molecule has 0 aromatic rings. The van der Waals surface area contributed by atoms with E-state index in [1.807, 2.05) is 20.8 Å². The highest BCUT2D eigenvalue weighted by molar-refractivity contribution is 5.83. The van der Waals surface area contributed by atoms with Crippen molar-refractivity contribution in [3.63, 3.8) is 0 Å². The molecule has 0 spiro atoms. The fourth-order valence-corrected chi connectivity index (χ4v) is 3.27. The smallest absolute Gasteiger partial charge is 0.315 e. The summed E-state index contributed by atoms with van der Waals surface area (Å²) in [5.41, 5.74) is -0.357. The summed E-state index contributed by atoms with van der Waals surface area (Å²) in [5.74, 6) is 0.203. The van der Waals surface area contributed by atoms with E-state index in [0.717, 1.165) is 6.54 Å². The molecule has 3 N–H and O–H groups in total. The predicted molar refractivity (Wildman–Crippen MR) is 91.4 cm³/mol. The van der Waals surface area contributed by atoms with E-state index in [-0.39, 0.29) is 34.9 Å². The Balaban J connectivity index is 2.02. The average molecular weight is 324 g/mol. The molecule has 2 amide bonds. The van der Waals surface area contributed by atoms with Crippen molar-refractivity contribution in [2.75, 3.05) is 13.1 Å². The van der Waals surface area contributed by atoms with E-state index >= 15 is 0 Å². The minimum Gasteiger partial charge on any atom is -0.334 e. The van der Waals surface area contributed by atoms with Gasteiger partial charge in [-0.1, -0.05) is 20.8 Å². The lowest BCUT2D eigenvalue weighted by molar-refractivity contribution is -0.121. The van der Waals surface area contributed by atoms with E-state index in [1.165, 1.54) is 0 Å². The molecule has 132 valence electrons. The maximum atomic E-state index is 12.3. The van der Waals surface area contributed by atoms with Crippen molar-refractivity contribution >= 4 is 11.8 Å². The van der Waals surface area contributed by atoms with Crippen molar-refractivity contribution in [1.29, 1.82) is 0 Å². The number of nitrogens with zero attached hydrogens (tertiary/aromatic N) is 1. The zero-order valence-electron chi connectivity index (χ0n) is 15.5. The SMILES string of the molecule is CC(=O)[C@@H]1[C@H]2N[C@H]2CN1C[C@@H](NC(=O)NC(C)(C)C)C(C)(C)C. The first kappa shape index (κ1) is 18.2. The molecule has 0 bridgehead atoms. The van der Waals surface area contributed by atoms with E-state index < -0.39 is 0 Å². The second-order valence-electron chi connectivity index (χ2n) is 9.08. The number of nitrogens with one attached hydrogen (secondary N) is 3. The number of carbonyl (C=O) groups excluding carboxylic acids is 2. The van der Waals surface area contributed by atoms with Crippen LogP contribution >= 0.6 is 0 Å². The standard InChI is InChI=1S/C17H32N4O2/c1-10(22)14-13-11(18-13)8-21(14)9-12(16(2,3)4)19-15(23)20-17(5,6)7/h11-14,18H,8-9H2,1-7H3,(H2,19,20,23)/t11-,12+,13-,14+/m0/s1. The summed E-state index contributed by atoms with van der Waals surface area (Å²) >= 11 is 0. The molecule has 0 aromatic heterocycles. The summed E-state index contributed by atoms with van der Waals surface area (Å²) in [4.78, 5) is 26.4. The molecular weight excluding hydrogens is 292 g/mol. The number of rotatable bonds is 4. The molecule has 4 atom stereocenters. The average Bonchev–Trinajstić information content (AvgIpc) is 2.95. The van der Waals surface area contributed by atoms with Crippen LogP contribution in [0.4, 0.5) is 4.79 Å². The molecule has 0 unspecified atom stereocenters. The Hall–Kier alpha value is -1.14. The van der Waals surface area contributed by atoms with Crippen LogP contribution in [-0.4, -0.2) is 59.5 Å². The molecule has 23 heavy (non-hydrogen) atoms. The van der Waals surface area contributed by atoms with Crippen LogP contribution in [0.3, 0.4) is 0 Å². The molecule has 2 aliphatic rings.